The number of hydrogen-bond donors (Lipinski definition) is 5. The maximum absolute atomic E-state index is 11.0. The molecule has 0 aromatic heterocycles. The van der Waals surface area contributed by atoms with Gasteiger partial charge < -0.3 is 127 Å². The van der Waals surface area contributed by atoms with Crippen LogP contribution >= 0.6 is 11.6 Å². The average molecular weight is 1490 g/mol. The number of esters is 1. The SMILES string of the molecule is C.CC(=O)OCC(=O)Cl.CCC(=O)NCCO[C@@H]1CO[C@H]2[C@@H]1OC[C@@H]2O[N+](=O)[O-].CCCO[C@@H]1CO[C@H]2[C@@H]1OC[C@@H]2O[N+](=O)[O-].CCN(CC)CC.NCCO[C@@H]1CO[C@H]2[C@@H]1OC[C@@H]2O[N+](=O)[O-].O=C(CO)NCCO[C@@H]1CO[C@H]2[C@@H]1OC[C@@H]2O[N+](=O)[O-].O=[N+]([O-])O[C@H]1CO[C@H]2[C@@H]1OC[C@H]2O. The Morgan fingerprint density at radius 1 is 0.465 bits per heavy atom. The number of hydrogen-bond acceptors (Lipinski definition) is 38. The second-order valence-corrected chi connectivity index (χ2v) is 22.7. The first-order valence-corrected chi connectivity index (χ1v) is 32.5. The largest absolute Gasteiger partial charge is 0.456 e. The zero-order chi connectivity index (χ0) is 73.8. The quantitative estimate of drug-likeness (QED) is 0.0152. The predicted octanol–water partition coefficient (Wildman–Crippen LogP) is -2.99. The summed E-state index contributed by atoms with van der Waals surface area (Å²) in [6.45, 7) is 19.0. The number of rotatable bonds is 31. The number of nitrogens with zero attached hydrogens (tertiary/aromatic N) is 6. The summed E-state index contributed by atoms with van der Waals surface area (Å²) in [6, 6.07) is 0. The molecule has 10 fully saturated rings. The van der Waals surface area contributed by atoms with E-state index < -0.39 is 122 Å². The lowest BCUT2D eigenvalue weighted by atomic mass is 10.1. The average Bonchev–Trinajstić information content (AvgIpc) is 1.69. The molecule has 0 spiro atoms. The molecule has 0 saturated carbocycles. The number of aliphatic hydroxyl groups is 2. The fourth-order valence-corrected chi connectivity index (χ4v) is 11.1. The van der Waals surface area contributed by atoms with Crippen molar-refractivity contribution < 1.29 is 150 Å². The van der Waals surface area contributed by atoms with Crippen molar-refractivity contribution in [1.82, 2.24) is 15.5 Å². The van der Waals surface area contributed by atoms with Crippen LogP contribution < -0.4 is 16.4 Å². The molecule has 0 bridgehead atoms. The molecule has 6 N–H and O–H groups in total. The van der Waals surface area contributed by atoms with Gasteiger partial charge in [0.2, 0.25) is 11.8 Å². The maximum atomic E-state index is 11.0. The first-order valence-electron chi connectivity index (χ1n) is 32.1. The Kier molecular flexibility index (Phi) is 42.1. The van der Waals surface area contributed by atoms with Crippen LogP contribution in [0.4, 0.5) is 0 Å². The van der Waals surface area contributed by atoms with E-state index in [9.17, 15) is 74.9 Å². The van der Waals surface area contributed by atoms with Gasteiger partial charge in [0.15, 0.2) is 37.1 Å². The molecule has 10 saturated heterocycles. The normalized spacial score (nSPS) is 31.4. The monoisotopic (exact) mass is 1490 g/mol. The molecule has 10 rings (SSSR count). The van der Waals surface area contributed by atoms with Crippen molar-refractivity contribution in [2.24, 2.45) is 5.73 Å². The van der Waals surface area contributed by atoms with E-state index in [2.05, 4.69) is 65.2 Å². The molecule has 45 nitrogen and oxygen atoms in total. The van der Waals surface area contributed by atoms with Crippen LogP contribution in [-0.4, -0.2) is 331 Å². The van der Waals surface area contributed by atoms with Gasteiger partial charge in [-0.1, -0.05) is 42.0 Å². The third kappa shape index (κ3) is 30.5. The predicted molar refractivity (Wildman–Crippen MR) is 332 cm³/mol. The molecule has 584 valence electrons. The fourth-order valence-electron chi connectivity index (χ4n) is 11.0. The highest BCUT2D eigenvalue weighted by molar-refractivity contribution is 6.64. The molecule has 0 aromatic carbocycles. The van der Waals surface area contributed by atoms with E-state index in [0.717, 1.165) is 6.42 Å². The van der Waals surface area contributed by atoms with E-state index in [-0.39, 0.29) is 128 Å². The number of amides is 2. The number of aliphatic hydroxyl groups excluding tert-OH is 2. The Bertz CT molecular complexity index is 2360. The first kappa shape index (κ1) is 88.9. The second kappa shape index (κ2) is 47.8. The summed E-state index contributed by atoms with van der Waals surface area (Å²) in [5, 5.41) is 69.2. The number of nitrogens with two attached hydrogens (primary N) is 1. The molecule has 0 radical (unpaired) electrons. The minimum absolute atomic E-state index is 0. The Morgan fingerprint density at radius 3 is 1.00 bits per heavy atom. The lowest BCUT2D eigenvalue weighted by molar-refractivity contribution is -0.769. The van der Waals surface area contributed by atoms with Crippen LogP contribution in [0.15, 0.2) is 0 Å². The van der Waals surface area contributed by atoms with Crippen molar-refractivity contribution in [3.05, 3.63) is 50.6 Å². The lowest BCUT2D eigenvalue weighted by Crippen LogP contribution is -2.36. The van der Waals surface area contributed by atoms with Gasteiger partial charge in [-0.25, -0.2) is 0 Å². The van der Waals surface area contributed by atoms with Gasteiger partial charge in [0.05, 0.1) is 85.9 Å². The van der Waals surface area contributed by atoms with Crippen LogP contribution in [0.1, 0.15) is 61.8 Å². The molecule has 0 aliphatic carbocycles. The van der Waals surface area contributed by atoms with E-state index in [1.807, 2.05) is 6.92 Å². The van der Waals surface area contributed by atoms with Crippen molar-refractivity contribution in [2.45, 2.75) is 184 Å². The Labute approximate surface area is 583 Å². The molecule has 2 amide bonds. The second-order valence-electron chi connectivity index (χ2n) is 22.3. The third-order valence-electron chi connectivity index (χ3n) is 15.6. The minimum Gasteiger partial charge on any atom is -0.456 e. The number of carbonyl (C=O) groups excluding carboxylic acids is 4. The smallest absolute Gasteiger partial charge is 0.303 e. The Balaban J connectivity index is 0.000000313. The van der Waals surface area contributed by atoms with Gasteiger partial charge in [-0.3, -0.25) is 19.2 Å². The van der Waals surface area contributed by atoms with Crippen LogP contribution in [-0.2, 0) is 114 Å². The minimum atomic E-state index is -0.871. The van der Waals surface area contributed by atoms with Crippen LogP contribution in [0.5, 0.6) is 0 Å². The summed E-state index contributed by atoms with van der Waals surface area (Å²) in [5.41, 5.74) is 5.32. The Hall–Kier alpha value is -6.35. The molecule has 10 aliphatic heterocycles. The molecule has 10 aliphatic rings. The number of nitrogens with one attached hydrogen (secondary N) is 2. The van der Waals surface area contributed by atoms with Gasteiger partial charge in [-0.05, 0) is 37.7 Å². The summed E-state index contributed by atoms with van der Waals surface area (Å²) in [7, 11) is 0. The zero-order valence-corrected chi connectivity index (χ0v) is 56.7. The Morgan fingerprint density at radius 2 is 0.743 bits per heavy atom. The molecule has 101 heavy (non-hydrogen) atoms. The van der Waals surface area contributed by atoms with Crippen molar-refractivity contribution in [3.63, 3.8) is 0 Å². The van der Waals surface area contributed by atoms with Gasteiger partial charge in [-0.2, -0.15) is 0 Å². The van der Waals surface area contributed by atoms with Crippen LogP contribution in [0, 0.1) is 50.6 Å². The van der Waals surface area contributed by atoms with Gasteiger partial charge >= 0.3 is 5.97 Å². The maximum Gasteiger partial charge on any atom is 0.303 e. The van der Waals surface area contributed by atoms with Gasteiger partial charge in [0.25, 0.3) is 30.7 Å². The number of ether oxygens (including phenoxy) is 15. The van der Waals surface area contributed by atoms with Crippen LogP contribution in [0.25, 0.3) is 0 Å². The van der Waals surface area contributed by atoms with Gasteiger partial charge in [0, 0.05) is 39.6 Å². The molecule has 46 heteroatoms. The first-order chi connectivity index (χ1) is 47.8. The van der Waals surface area contributed by atoms with Gasteiger partial charge in [0.1, 0.15) is 98.2 Å². The molecule has 20 atom stereocenters. The standard InChI is InChI=1S/C11H18N2O7.C10H16N2O8.C9H15NO6.C8H14N2O6.C6H9NO6.C6H15N.C4H5ClO3.CH4/c1-2-9(14)12-3-4-17-7-5-18-11-8(20-13(15)16)6-19-10(7)11;13-3-8(14)11-1-2-17-6-4-18-10-7(20-12(15)16)5-19-9(6)10;1-2-3-13-6-4-14-9-7(16-10(11)12)5-15-8(6)9;9-1-2-13-5-3-14-8-6(16-10(11)12)4-15-7(5)8;8-3-1-11-6-4(13-7(9)10)2-12-5(3)6;1-4-7(5-2)6-3;1-3(6)8-2-4(5)7;/h7-8,10-11H,2-6H2,1H3,(H,12,14);6-7,9-10,13H,1-5H2,(H,11,14);6-9H,2-5H2,1H3;5-8H,1-4,9H2;3-6,8H,1-2H2;4-6H2,1-3H3;2H2,1H3;1H4/t7-,8+,10-,11-;6-,7+,9-,10-;6-,7+,8-,9-;5-,6+,7-,8-;3-,4+,5-,6-;;;/m11111.../s1. The number of fused-ring (bicyclic) bond motifs is 5. The van der Waals surface area contributed by atoms with Gasteiger partial charge in [-0.15, -0.1) is 50.6 Å². The van der Waals surface area contributed by atoms with E-state index in [1.54, 1.807) is 6.92 Å². The summed E-state index contributed by atoms with van der Waals surface area (Å²) in [5.74, 6) is -1.02. The van der Waals surface area contributed by atoms with E-state index in [1.165, 1.54) is 26.6 Å². The highest BCUT2D eigenvalue weighted by atomic mass is 35.5. The van der Waals surface area contributed by atoms with Crippen molar-refractivity contribution in [2.75, 3.05) is 145 Å². The van der Waals surface area contributed by atoms with Crippen molar-refractivity contribution in [1.29, 1.82) is 0 Å². The van der Waals surface area contributed by atoms with Crippen LogP contribution in [0.3, 0.4) is 0 Å². The molecular weight excluding hydrogens is 1400 g/mol. The summed E-state index contributed by atoms with van der Waals surface area (Å²) in [4.78, 5) is 117. The van der Waals surface area contributed by atoms with E-state index in [0.29, 0.717) is 59.2 Å². The highest BCUT2D eigenvalue weighted by Gasteiger charge is 2.54. The molecule has 10 heterocycles. The number of halogens is 1. The summed E-state index contributed by atoms with van der Waals surface area (Å²) < 4.78 is 79.7. The lowest BCUT2D eigenvalue weighted by Gasteiger charge is -2.16. The molecule has 0 aromatic rings. The van der Waals surface area contributed by atoms with E-state index in [4.69, 9.17) is 88.8 Å². The van der Waals surface area contributed by atoms with Crippen molar-refractivity contribution >= 4 is 34.6 Å². The number of carbonyl (C=O) groups is 4. The zero-order valence-electron chi connectivity index (χ0n) is 55.9. The third-order valence-corrected chi connectivity index (χ3v) is 15.7. The fraction of sp³-hybridized carbons (Fsp3) is 0.927. The summed E-state index contributed by atoms with van der Waals surface area (Å²) in [6.07, 6.45) is -7.89. The van der Waals surface area contributed by atoms with Crippen LogP contribution in [0.2, 0.25) is 0 Å². The molecule has 0 unspecified atom stereocenters. The topological polar surface area (TPSA) is 562 Å². The summed E-state index contributed by atoms with van der Waals surface area (Å²) >= 11 is 4.81. The highest BCUT2D eigenvalue weighted by Crippen LogP contribution is 2.34. The molecular formula is C55H96ClN9O36. The van der Waals surface area contributed by atoms with Crippen molar-refractivity contribution in [3.8, 4) is 0 Å². The van der Waals surface area contributed by atoms with E-state index >= 15 is 0 Å².